The second-order valence-electron chi connectivity index (χ2n) is 11.5. The minimum atomic E-state index is -4.80. The predicted octanol–water partition coefficient (Wildman–Crippen LogP) is 6.17. The Kier molecular flexibility index (Phi) is 7.18. The molecule has 2 unspecified atom stereocenters. The van der Waals surface area contributed by atoms with Crippen molar-refractivity contribution in [2.75, 3.05) is 25.0 Å². The van der Waals surface area contributed by atoms with Crippen molar-refractivity contribution in [2.24, 2.45) is 0 Å². The summed E-state index contributed by atoms with van der Waals surface area (Å²) in [6.07, 6.45) is -1.20. The van der Waals surface area contributed by atoms with Gasteiger partial charge in [0.05, 0.1) is 46.5 Å². The van der Waals surface area contributed by atoms with Crippen LogP contribution in [0.5, 0.6) is 5.75 Å². The van der Waals surface area contributed by atoms with Crippen molar-refractivity contribution in [2.45, 2.75) is 56.3 Å². The van der Waals surface area contributed by atoms with E-state index in [4.69, 9.17) is 26.1 Å². The monoisotopic (exact) mass is 627 g/mol. The Bertz CT molecular complexity index is 1720. The van der Waals surface area contributed by atoms with Gasteiger partial charge in [0, 0.05) is 12.8 Å². The van der Waals surface area contributed by atoms with Crippen molar-refractivity contribution in [3.8, 4) is 5.75 Å². The van der Waals surface area contributed by atoms with E-state index in [0.717, 1.165) is 28.8 Å². The number of nitrogens with zero attached hydrogens (tertiary/aromatic N) is 4. The minimum absolute atomic E-state index is 0.00877. The largest absolute Gasteiger partial charge is 0.478 e. The number of fused-ring (bicyclic) bond motifs is 2. The van der Waals surface area contributed by atoms with Crippen molar-refractivity contribution >= 4 is 34.3 Å². The highest BCUT2D eigenvalue weighted by Crippen LogP contribution is 2.53. The maximum Gasteiger partial charge on any atom is 0.455 e. The summed E-state index contributed by atoms with van der Waals surface area (Å²) >= 11 is 5.89. The zero-order chi connectivity index (χ0) is 30.6. The van der Waals surface area contributed by atoms with Gasteiger partial charge in [0.25, 0.3) is 0 Å². The third-order valence-electron chi connectivity index (χ3n) is 8.74. The molecule has 3 aliphatic rings. The predicted molar refractivity (Wildman–Crippen MR) is 156 cm³/mol. The van der Waals surface area contributed by atoms with E-state index < -0.39 is 17.9 Å². The highest BCUT2D eigenvalue weighted by molar-refractivity contribution is 6.30. The van der Waals surface area contributed by atoms with Crippen LogP contribution in [0.25, 0.3) is 11.0 Å². The molecule has 0 spiro atoms. The quantitative estimate of drug-likeness (QED) is 0.251. The van der Waals surface area contributed by atoms with E-state index in [1.165, 1.54) is 18.3 Å². The Morgan fingerprint density at radius 1 is 1.14 bits per heavy atom. The number of rotatable bonds is 7. The molecule has 0 amide bonds. The van der Waals surface area contributed by atoms with Crippen molar-refractivity contribution < 1.29 is 32.5 Å². The molecular weight excluding hydrogens is 599 g/mol. The summed E-state index contributed by atoms with van der Waals surface area (Å²) in [5.74, 6) is 0.0174. The lowest BCUT2D eigenvalue weighted by molar-refractivity contribution is -0.239. The number of pyridine rings is 1. The van der Waals surface area contributed by atoms with Crippen LogP contribution in [-0.2, 0) is 23.6 Å². The van der Waals surface area contributed by atoms with Gasteiger partial charge in [0.2, 0.25) is 0 Å². The molecule has 2 atom stereocenters. The Labute approximate surface area is 255 Å². The Hall–Kier alpha value is -3.87. The van der Waals surface area contributed by atoms with Crippen LogP contribution in [0.3, 0.4) is 0 Å². The van der Waals surface area contributed by atoms with Crippen LogP contribution in [0.2, 0.25) is 5.02 Å². The number of hydrogen-bond donors (Lipinski definition) is 2. The number of imidazole rings is 1. The molecular formula is C31H29ClF3N5O4. The average molecular weight is 628 g/mol. The zero-order valence-electron chi connectivity index (χ0n) is 23.5. The Balaban J connectivity index is 1.10. The number of hydrogen-bond acceptors (Lipinski definition) is 7. The van der Waals surface area contributed by atoms with Crippen LogP contribution < -0.4 is 10.1 Å². The van der Waals surface area contributed by atoms with Crippen LogP contribution >= 0.6 is 11.6 Å². The number of halogens is 4. The van der Waals surface area contributed by atoms with Gasteiger partial charge in [-0.15, -0.1) is 0 Å². The molecule has 2 fully saturated rings. The second kappa shape index (κ2) is 10.9. The first-order valence-electron chi connectivity index (χ1n) is 14.5. The molecule has 13 heteroatoms. The summed E-state index contributed by atoms with van der Waals surface area (Å²) < 4.78 is 57.2. The lowest BCUT2D eigenvalue weighted by Crippen LogP contribution is -2.51. The number of carbonyl (C=O) groups is 1. The summed E-state index contributed by atoms with van der Waals surface area (Å²) in [4.78, 5) is 22.7. The molecule has 0 aliphatic carbocycles. The van der Waals surface area contributed by atoms with Gasteiger partial charge in [0.15, 0.2) is 0 Å². The van der Waals surface area contributed by atoms with Gasteiger partial charge in [-0.05, 0) is 80.2 Å². The summed E-state index contributed by atoms with van der Waals surface area (Å²) in [6, 6.07) is 12.7. The highest BCUT2D eigenvalue weighted by atomic mass is 35.5. The van der Waals surface area contributed by atoms with E-state index >= 15 is 0 Å². The molecule has 2 aromatic carbocycles. The fraction of sp³-hybridized carbons (Fsp3) is 0.387. The second-order valence-corrected chi connectivity index (χ2v) is 11.9. The summed E-state index contributed by atoms with van der Waals surface area (Å²) in [5.41, 5.74) is -0.450. The van der Waals surface area contributed by atoms with Crippen LogP contribution in [-0.4, -0.2) is 62.5 Å². The standard InChI is InChI=1S/C31H29ClF3N5O4/c32-20-5-7-26(36-15-20)30(31(33,34)35)38-24-3-1-2-22(28(24)44-30)18-8-11-39(12-9-18)17-27-37-23-6-4-19(29(41)42)14-25(23)40(27)16-21-10-13-43-21/h1-7,14-15,18,21,38H,8-13,16-17H2,(H,41,42). The van der Waals surface area contributed by atoms with E-state index in [1.807, 2.05) is 6.07 Å². The van der Waals surface area contributed by atoms with Gasteiger partial charge in [-0.25, -0.2) is 9.78 Å². The van der Waals surface area contributed by atoms with Gasteiger partial charge >= 0.3 is 17.9 Å². The Morgan fingerprint density at radius 2 is 1.93 bits per heavy atom. The van der Waals surface area contributed by atoms with Crippen molar-refractivity contribution in [3.63, 3.8) is 0 Å². The molecule has 9 nitrogen and oxygen atoms in total. The number of aromatic carboxylic acids is 1. The number of ether oxygens (including phenoxy) is 2. The lowest BCUT2D eigenvalue weighted by Gasteiger charge is -2.33. The van der Waals surface area contributed by atoms with Crippen molar-refractivity contribution in [3.05, 3.63) is 82.4 Å². The normalized spacial score (nSPS) is 22.3. The molecule has 44 heavy (non-hydrogen) atoms. The maximum atomic E-state index is 14.6. The topological polar surface area (TPSA) is 102 Å². The molecule has 2 saturated heterocycles. The number of carboxylic acid groups (broad SMARTS) is 1. The number of anilines is 1. The number of likely N-dealkylation sites (tertiary alicyclic amines) is 1. The molecule has 2 aromatic heterocycles. The molecule has 230 valence electrons. The summed E-state index contributed by atoms with van der Waals surface area (Å²) in [5, 5.41) is 12.3. The summed E-state index contributed by atoms with van der Waals surface area (Å²) in [6.45, 7) is 3.27. The molecule has 4 aromatic rings. The van der Waals surface area contributed by atoms with Gasteiger partial charge in [0.1, 0.15) is 17.3 Å². The molecule has 3 aliphatic heterocycles. The van der Waals surface area contributed by atoms with Gasteiger partial charge in [-0.1, -0.05) is 23.7 Å². The van der Waals surface area contributed by atoms with Gasteiger partial charge in [-0.3, -0.25) is 9.88 Å². The number of piperidine rings is 1. The third-order valence-corrected chi connectivity index (χ3v) is 8.97. The van der Waals surface area contributed by atoms with Crippen LogP contribution in [0.1, 0.15) is 52.6 Å². The fourth-order valence-corrected chi connectivity index (χ4v) is 6.41. The highest BCUT2D eigenvalue weighted by Gasteiger charge is 2.63. The number of alkyl halides is 3. The first kappa shape index (κ1) is 28.9. The molecule has 0 saturated carbocycles. The molecule has 0 radical (unpaired) electrons. The fourth-order valence-electron chi connectivity index (χ4n) is 6.30. The first-order valence-corrected chi connectivity index (χ1v) is 14.8. The first-order chi connectivity index (χ1) is 21.1. The Morgan fingerprint density at radius 3 is 2.59 bits per heavy atom. The summed E-state index contributed by atoms with van der Waals surface area (Å²) in [7, 11) is 0. The van der Waals surface area contributed by atoms with E-state index in [-0.39, 0.29) is 39.7 Å². The van der Waals surface area contributed by atoms with Gasteiger partial charge in [-0.2, -0.15) is 13.2 Å². The van der Waals surface area contributed by atoms with Crippen molar-refractivity contribution in [1.82, 2.24) is 19.4 Å². The number of benzene rings is 2. The smallest absolute Gasteiger partial charge is 0.455 e. The van der Waals surface area contributed by atoms with Crippen molar-refractivity contribution in [1.29, 1.82) is 0 Å². The van der Waals surface area contributed by atoms with E-state index in [1.54, 1.807) is 30.3 Å². The van der Waals surface area contributed by atoms with Gasteiger partial charge < -0.3 is 24.5 Å². The molecule has 5 heterocycles. The number of carboxylic acids is 1. The van der Waals surface area contributed by atoms with Crippen LogP contribution in [0, 0.1) is 0 Å². The van der Waals surface area contributed by atoms with E-state index in [2.05, 4.69) is 19.8 Å². The zero-order valence-corrected chi connectivity index (χ0v) is 24.2. The van der Waals surface area contributed by atoms with E-state index in [9.17, 15) is 23.1 Å². The molecule has 2 N–H and O–H groups in total. The number of nitrogens with one attached hydrogen (secondary N) is 1. The van der Waals surface area contributed by atoms with E-state index in [0.29, 0.717) is 45.6 Å². The maximum absolute atomic E-state index is 14.6. The van der Waals surface area contributed by atoms with Crippen LogP contribution in [0.15, 0.2) is 54.7 Å². The third kappa shape index (κ3) is 5.04. The number of para-hydroxylation sites is 1. The molecule has 7 rings (SSSR count). The molecule has 0 bridgehead atoms. The average Bonchev–Trinajstić information content (AvgIpc) is 3.54. The lowest BCUT2D eigenvalue weighted by atomic mass is 9.88. The minimum Gasteiger partial charge on any atom is -0.478 e. The number of aromatic nitrogens is 3. The van der Waals surface area contributed by atoms with Crippen LogP contribution in [0.4, 0.5) is 18.9 Å². The SMILES string of the molecule is O=C(O)c1ccc2nc(CN3CCC(c4cccc5c4OC(c4ccc(Cl)cn4)(C(F)(F)F)N5)CC3)n(CC3CCO3)c2c1.